The molecule has 0 unspecified atom stereocenters. The van der Waals surface area contributed by atoms with Gasteiger partial charge in [0.1, 0.15) is 10.7 Å². The monoisotopic (exact) mass is 417 g/mol. The molecule has 2 aromatic rings. The molecule has 29 heavy (non-hydrogen) atoms. The summed E-state index contributed by atoms with van der Waals surface area (Å²) in [6, 6.07) is 13.5. The van der Waals surface area contributed by atoms with Crippen molar-refractivity contribution in [3.8, 4) is 0 Å². The smallest absolute Gasteiger partial charge is 0.246 e. The van der Waals surface area contributed by atoms with E-state index in [-0.39, 0.29) is 36.5 Å². The van der Waals surface area contributed by atoms with E-state index in [1.807, 2.05) is 41.0 Å². The molecule has 0 spiro atoms. The van der Waals surface area contributed by atoms with Crippen molar-refractivity contribution in [2.24, 2.45) is 0 Å². The molecule has 0 aliphatic carbocycles. The second-order valence-corrected chi connectivity index (χ2v) is 9.46. The van der Waals surface area contributed by atoms with E-state index in [9.17, 15) is 17.6 Å². The SMILES string of the molecule is C[C@@H]1Cc2ccccc2N1C(=O)CN1CCN(S(=O)(=O)c2ccccc2F)CC1. The number of fused-ring (bicyclic) bond motifs is 1. The fraction of sp³-hybridized carbons (Fsp3) is 0.381. The maximum atomic E-state index is 14.0. The van der Waals surface area contributed by atoms with E-state index < -0.39 is 15.8 Å². The van der Waals surface area contributed by atoms with Gasteiger partial charge < -0.3 is 4.90 Å². The Morgan fingerprint density at radius 2 is 1.69 bits per heavy atom. The third-order valence-electron chi connectivity index (χ3n) is 5.62. The number of anilines is 1. The van der Waals surface area contributed by atoms with Crippen molar-refractivity contribution >= 4 is 21.6 Å². The zero-order valence-corrected chi connectivity index (χ0v) is 17.1. The Morgan fingerprint density at radius 3 is 2.41 bits per heavy atom. The molecule has 0 bridgehead atoms. The Bertz CT molecular complexity index is 1020. The van der Waals surface area contributed by atoms with Crippen molar-refractivity contribution in [2.45, 2.75) is 24.3 Å². The lowest BCUT2D eigenvalue weighted by molar-refractivity contribution is -0.120. The first-order valence-electron chi connectivity index (χ1n) is 9.75. The number of amides is 1. The standard InChI is InChI=1S/C21H24FN3O3S/c1-16-14-17-6-2-4-8-19(17)25(16)21(26)15-23-10-12-24(13-11-23)29(27,28)20-9-5-3-7-18(20)22/h2-9,16H,10-15H2,1H3/t16-/m1/s1. The van der Waals surface area contributed by atoms with Crippen LogP contribution >= 0.6 is 0 Å². The summed E-state index contributed by atoms with van der Waals surface area (Å²) < 4.78 is 40.7. The number of carbonyl (C=O) groups excluding carboxylic acids is 1. The zero-order chi connectivity index (χ0) is 20.6. The Balaban J connectivity index is 1.39. The molecule has 154 valence electrons. The Kier molecular flexibility index (Phi) is 5.42. The molecular weight excluding hydrogens is 393 g/mol. The van der Waals surface area contributed by atoms with E-state index in [1.165, 1.54) is 28.1 Å². The third-order valence-corrected chi connectivity index (χ3v) is 7.55. The fourth-order valence-corrected chi connectivity index (χ4v) is 5.62. The van der Waals surface area contributed by atoms with Crippen LogP contribution in [-0.2, 0) is 21.2 Å². The highest BCUT2D eigenvalue weighted by atomic mass is 32.2. The second-order valence-electron chi connectivity index (χ2n) is 7.56. The molecule has 0 aromatic heterocycles. The lowest BCUT2D eigenvalue weighted by Gasteiger charge is -2.35. The molecular formula is C21H24FN3O3S. The van der Waals surface area contributed by atoms with E-state index >= 15 is 0 Å². The van der Waals surface area contributed by atoms with Gasteiger partial charge in [0.2, 0.25) is 15.9 Å². The van der Waals surface area contributed by atoms with Crippen LogP contribution in [-0.4, -0.2) is 62.3 Å². The number of sulfonamides is 1. The molecule has 2 aliphatic rings. The van der Waals surface area contributed by atoms with Gasteiger partial charge in [-0.05, 0) is 37.1 Å². The van der Waals surface area contributed by atoms with Gasteiger partial charge >= 0.3 is 0 Å². The number of carbonyl (C=O) groups is 1. The number of nitrogens with zero attached hydrogens (tertiary/aromatic N) is 3. The summed E-state index contributed by atoms with van der Waals surface area (Å²) in [6.45, 7) is 3.61. The van der Waals surface area contributed by atoms with Crippen molar-refractivity contribution < 1.29 is 17.6 Å². The summed E-state index contributed by atoms with van der Waals surface area (Å²) in [5, 5.41) is 0. The van der Waals surface area contributed by atoms with Gasteiger partial charge in [-0.3, -0.25) is 9.69 Å². The molecule has 6 nitrogen and oxygen atoms in total. The highest BCUT2D eigenvalue weighted by molar-refractivity contribution is 7.89. The molecule has 2 aromatic carbocycles. The molecule has 1 atom stereocenters. The van der Waals surface area contributed by atoms with Gasteiger partial charge in [0, 0.05) is 37.9 Å². The summed E-state index contributed by atoms with van der Waals surface area (Å²) in [4.78, 5) is 16.4. The Morgan fingerprint density at radius 1 is 1.03 bits per heavy atom. The maximum absolute atomic E-state index is 14.0. The number of piperazine rings is 1. The minimum absolute atomic E-state index is 0.0212. The van der Waals surface area contributed by atoms with Crippen LogP contribution in [0.3, 0.4) is 0 Å². The normalized spacial score (nSPS) is 20.6. The molecule has 2 heterocycles. The highest BCUT2D eigenvalue weighted by Crippen LogP contribution is 2.32. The van der Waals surface area contributed by atoms with Gasteiger partial charge in [-0.1, -0.05) is 30.3 Å². The van der Waals surface area contributed by atoms with Crippen LogP contribution in [0, 0.1) is 5.82 Å². The maximum Gasteiger partial charge on any atom is 0.246 e. The Hall–Kier alpha value is -2.29. The van der Waals surface area contributed by atoms with Crippen LogP contribution in [0.4, 0.5) is 10.1 Å². The lowest BCUT2D eigenvalue weighted by atomic mass is 10.1. The molecule has 1 saturated heterocycles. The van der Waals surface area contributed by atoms with Gasteiger partial charge in [-0.15, -0.1) is 0 Å². The number of halogens is 1. The lowest BCUT2D eigenvalue weighted by Crippen LogP contribution is -2.52. The first-order valence-corrected chi connectivity index (χ1v) is 11.2. The predicted molar refractivity (Wildman–Crippen MR) is 109 cm³/mol. The van der Waals surface area contributed by atoms with E-state index in [0.717, 1.165) is 18.2 Å². The summed E-state index contributed by atoms with van der Waals surface area (Å²) >= 11 is 0. The van der Waals surface area contributed by atoms with Gasteiger partial charge in [0.15, 0.2) is 0 Å². The summed E-state index contributed by atoms with van der Waals surface area (Å²) in [5.74, 6) is -0.723. The van der Waals surface area contributed by atoms with E-state index in [1.54, 1.807) is 0 Å². The minimum atomic E-state index is -3.87. The first kappa shape index (κ1) is 20.0. The van der Waals surface area contributed by atoms with Crippen molar-refractivity contribution in [3.05, 3.63) is 59.9 Å². The van der Waals surface area contributed by atoms with E-state index in [4.69, 9.17) is 0 Å². The topological polar surface area (TPSA) is 60.9 Å². The number of hydrogen-bond acceptors (Lipinski definition) is 4. The average molecular weight is 418 g/mol. The molecule has 8 heteroatoms. The van der Waals surface area contributed by atoms with Crippen LogP contribution < -0.4 is 4.90 Å². The van der Waals surface area contributed by atoms with Crippen LogP contribution in [0.1, 0.15) is 12.5 Å². The molecule has 0 radical (unpaired) electrons. The first-order chi connectivity index (χ1) is 13.9. The number of rotatable bonds is 4. The van der Waals surface area contributed by atoms with Crippen LogP contribution in [0.25, 0.3) is 0 Å². The molecule has 0 saturated carbocycles. The Labute approximate surface area is 170 Å². The third kappa shape index (κ3) is 3.80. The largest absolute Gasteiger partial charge is 0.308 e. The molecule has 2 aliphatic heterocycles. The van der Waals surface area contributed by atoms with Gasteiger partial charge in [0.25, 0.3) is 0 Å². The quantitative estimate of drug-likeness (QED) is 0.765. The van der Waals surface area contributed by atoms with E-state index in [2.05, 4.69) is 0 Å². The predicted octanol–water partition coefficient (Wildman–Crippen LogP) is 2.11. The summed E-state index contributed by atoms with van der Waals surface area (Å²) in [7, 11) is -3.87. The minimum Gasteiger partial charge on any atom is -0.308 e. The zero-order valence-electron chi connectivity index (χ0n) is 16.3. The van der Waals surface area contributed by atoms with E-state index in [0.29, 0.717) is 13.1 Å². The number of hydrogen-bond donors (Lipinski definition) is 0. The van der Waals surface area contributed by atoms with Crippen LogP contribution in [0.2, 0.25) is 0 Å². The van der Waals surface area contributed by atoms with Crippen LogP contribution in [0.15, 0.2) is 53.4 Å². The van der Waals surface area contributed by atoms with Crippen molar-refractivity contribution in [2.75, 3.05) is 37.6 Å². The van der Waals surface area contributed by atoms with Crippen molar-refractivity contribution in [1.29, 1.82) is 0 Å². The second kappa shape index (κ2) is 7.85. The molecule has 4 rings (SSSR count). The molecule has 1 amide bonds. The van der Waals surface area contributed by atoms with Gasteiger partial charge in [-0.2, -0.15) is 4.31 Å². The average Bonchev–Trinajstić information content (AvgIpc) is 3.04. The number of benzene rings is 2. The van der Waals surface area contributed by atoms with Gasteiger partial charge in [-0.25, -0.2) is 12.8 Å². The molecule has 0 N–H and O–H groups in total. The summed E-state index contributed by atoms with van der Waals surface area (Å²) in [6.07, 6.45) is 0.844. The van der Waals surface area contributed by atoms with Crippen molar-refractivity contribution in [1.82, 2.24) is 9.21 Å². The molecule has 1 fully saturated rings. The summed E-state index contributed by atoms with van der Waals surface area (Å²) in [5.41, 5.74) is 2.14. The number of para-hydroxylation sites is 1. The van der Waals surface area contributed by atoms with Crippen LogP contribution in [0.5, 0.6) is 0 Å². The van der Waals surface area contributed by atoms with Gasteiger partial charge in [0.05, 0.1) is 6.54 Å². The fourth-order valence-electron chi connectivity index (χ4n) is 4.13. The highest BCUT2D eigenvalue weighted by Gasteiger charge is 2.34. The van der Waals surface area contributed by atoms with Crippen molar-refractivity contribution in [3.63, 3.8) is 0 Å².